The molecular formula is C11H9F2NO2. The van der Waals surface area contributed by atoms with Gasteiger partial charge in [0.05, 0.1) is 5.56 Å². The zero-order chi connectivity index (χ0) is 11.7. The van der Waals surface area contributed by atoms with E-state index in [-0.39, 0.29) is 23.5 Å². The summed E-state index contributed by atoms with van der Waals surface area (Å²) in [5, 5.41) is 3.51. The molecule has 3 nitrogen and oxygen atoms in total. The lowest BCUT2D eigenvalue weighted by molar-refractivity contribution is -0.111. The minimum absolute atomic E-state index is 0.104. The lowest BCUT2D eigenvalue weighted by atomic mass is 10.0. The van der Waals surface area contributed by atoms with Gasteiger partial charge in [0.2, 0.25) is 0 Å². The molecule has 0 spiro atoms. The highest BCUT2D eigenvalue weighted by Crippen LogP contribution is 2.31. The molecule has 1 aliphatic heterocycles. The number of carbonyl (C=O) groups excluding carboxylic acids is 1. The predicted octanol–water partition coefficient (Wildman–Crippen LogP) is 2.37. The average Bonchev–Trinajstić information content (AvgIpc) is 2.66. The molecule has 5 heteroatoms. The molecule has 0 aliphatic carbocycles. The molecule has 0 aromatic heterocycles. The summed E-state index contributed by atoms with van der Waals surface area (Å²) in [6.45, 7) is 1.34. The van der Waals surface area contributed by atoms with Crippen LogP contribution in [-0.4, -0.2) is 11.5 Å². The molecule has 0 amide bonds. The number of ketones is 1. The Morgan fingerprint density at radius 3 is 2.56 bits per heavy atom. The summed E-state index contributed by atoms with van der Waals surface area (Å²) in [7, 11) is 0. The third-order valence-electron chi connectivity index (χ3n) is 2.40. The number of hydrogen-bond donors (Lipinski definition) is 0. The quantitative estimate of drug-likeness (QED) is 0.775. The highest BCUT2D eigenvalue weighted by atomic mass is 19.1. The van der Waals surface area contributed by atoms with Crippen molar-refractivity contribution < 1.29 is 18.4 Å². The fraction of sp³-hybridized carbons (Fsp3) is 0.273. The van der Waals surface area contributed by atoms with Gasteiger partial charge in [-0.1, -0.05) is 11.2 Å². The van der Waals surface area contributed by atoms with Crippen LogP contribution in [0.25, 0.3) is 0 Å². The van der Waals surface area contributed by atoms with Crippen molar-refractivity contribution in [2.24, 2.45) is 5.16 Å². The van der Waals surface area contributed by atoms with Crippen molar-refractivity contribution in [3.05, 3.63) is 35.4 Å². The Morgan fingerprint density at radius 1 is 1.44 bits per heavy atom. The van der Waals surface area contributed by atoms with Crippen LogP contribution in [0.4, 0.5) is 8.78 Å². The number of halogens is 2. The first-order chi connectivity index (χ1) is 7.59. The van der Waals surface area contributed by atoms with Gasteiger partial charge in [-0.05, 0) is 12.1 Å². The van der Waals surface area contributed by atoms with Crippen LogP contribution in [0.1, 0.15) is 25.0 Å². The zero-order valence-electron chi connectivity index (χ0n) is 8.54. The Labute approximate surface area is 90.7 Å². The van der Waals surface area contributed by atoms with Crippen molar-refractivity contribution in [1.82, 2.24) is 0 Å². The predicted molar refractivity (Wildman–Crippen MR) is 52.9 cm³/mol. The molecule has 2 rings (SSSR count). The maximum Gasteiger partial charge on any atom is 0.177 e. The van der Waals surface area contributed by atoms with Gasteiger partial charge in [0.1, 0.15) is 17.3 Å². The normalized spacial score (nSPS) is 19.2. The zero-order valence-corrected chi connectivity index (χ0v) is 8.54. The van der Waals surface area contributed by atoms with Crippen molar-refractivity contribution in [2.45, 2.75) is 19.4 Å². The Bertz CT molecular complexity index is 451. The molecule has 0 saturated carbocycles. The van der Waals surface area contributed by atoms with Gasteiger partial charge in [-0.3, -0.25) is 4.79 Å². The molecule has 1 heterocycles. The number of hydrogen-bond acceptors (Lipinski definition) is 3. The second-order valence-electron chi connectivity index (χ2n) is 3.53. The average molecular weight is 225 g/mol. The largest absolute Gasteiger partial charge is 0.387 e. The summed E-state index contributed by atoms with van der Waals surface area (Å²) in [5.74, 6) is -1.63. The molecule has 1 aromatic carbocycles. The lowest BCUT2D eigenvalue weighted by Gasteiger charge is -2.10. The number of rotatable bonds is 2. The van der Waals surface area contributed by atoms with Gasteiger partial charge in [-0.25, -0.2) is 8.78 Å². The molecule has 0 bridgehead atoms. The molecule has 0 unspecified atom stereocenters. The van der Waals surface area contributed by atoms with Crippen molar-refractivity contribution in [1.29, 1.82) is 0 Å². The fourth-order valence-electron chi connectivity index (χ4n) is 1.56. The van der Waals surface area contributed by atoms with E-state index in [0.29, 0.717) is 0 Å². The standard InChI is InChI=1S/C11H9F2NO2/c1-6(15)9-5-10(16-14-9)11-7(12)3-2-4-8(11)13/h2-4,10H,5H2,1H3/t10-/m1/s1. The van der Waals surface area contributed by atoms with Crippen LogP contribution in [0.5, 0.6) is 0 Å². The third kappa shape index (κ3) is 1.80. The minimum atomic E-state index is -0.847. The van der Waals surface area contributed by atoms with Crippen LogP contribution >= 0.6 is 0 Å². The summed E-state index contributed by atoms with van der Waals surface area (Å²) in [4.78, 5) is 15.9. The van der Waals surface area contributed by atoms with E-state index in [0.717, 1.165) is 12.1 Å². The molecular weight excluding hydrogens is 216 g/mol. The molecule has 1 aliphatic rings. The first kappa shape index (κ1) is 10.7. The maximum atomic E-state index is 13.4. The van der Waals surface area contributed by atoms with E-state index in [1.165, 1.54) is 13.0 Å². The number of carbonyl (C=O) groups is 1. The monoisotopic (exact) mass is 225 g/mol. The summed E-state index contributed by atoms with van der Waals surface area (Å²) in [5.41, 5.74) is 0.0233. The third-order valence-corrected chi connectivity index (χ3v) is 2.40. The second-order valence-corrected chi connectivity index (χ2v) is 3.53. The summed E-state index contributed by atoms with van der Waals surface area (Å²) in [6, 6.07) is 3.57. The molecule has 0 fully saturated rings. The van der Waals surface area contributed by atoms with Crippen LogP contribution in [0.15, 0.2) is 23.4 Å². The molecule has 16 heavy (non-hydrogen) atoms. The van der Waals surface area contributed by atoms with Crippen molar-refractivity contribution in [3.8, 4) is 0 Å². The molecule has 0 N–H and O–H groups in total. The van der Waals surface area contributed by atoms with Crippen LogP contribution in [0, 0.1) is 11.6 Å². The summed E-state index contributed by atoms with van der Waals surface area (Å²) < 4.78 is 26.7. The Morgan fingerprint density at radius 2 is 2.06 bits per heavy atom. The number of Topliss-reactive ketones (excluding diaryl/α,β-unsaturated/α-hetero) is 1. The summed E-state index contributed by atoms with van der Waals surface area (Å²) >= 11 is 0. The molecule has 1 aromatic rings. The molecule has 0 saturated heterocycles. The first-order valence-electron chi connectivity index (χ1n) is 4.77. The second kappa shape index (κ2) is 4.00. The molecule has 0 radical (unpaired) electrons. The van der Waals surface area contributed by atoms with Crippen molar-refractivity contribution in [3.63, 3.8) is 0 Å². The van der Waals surface area contributed by atoms with E-state index in [4.69, 9.17) is 4.84 Å². The van der Waals surface area contributed by atoms with Gasteiger partial charge < -0.3 is 4.84 Å². The lowest BCUT2D eigenvalue weighted by Crippen LogP contribution is -2.10. The fourth-order valence-corrected chi connectivity index (χ4v) is 1.56. The maximum absolute atomic E-state index is 13.4. The smallest absolute Gasteiger partial charge is 0.177 e. The summed E-state index contributed by atoms with van der Waals surface area (Å²) in [6.07, 6.45) is -0.743. The van der Waals surface area contributed by atoms with Crippen molar-refractivity contribution in [2.75, 3.05) is 0 Å². The van der Waals surface area contributed by atoms with Gasteiger partial charge in [0.15, 0.2) is 11.9 Å². The number of benzene rings is 1. The van der Waals surface area contributed by atoms with Gasteiger partial charge in [-0.15, -0.1) is 0 Å². The molecule has 84 valence electrons. The highest BCUT2D eigenvalue weighted by molar-refractivity contribution is 6.39. The first-order valence-corrected chi connectivity index (χ1v) is 4.77. The molecule has 1 atom stereocenters. The van der Waals surface area contributed by atoms with E-state index >= 15 is 0 Å². The van der Waals surface area contributed by atoms with E-state index in [2.05, 4.69) is 5.16 Å². The van der Waals surface area contributed by atoms with Crippen molar-refractivity contribution >= 4 is 11.5 Å². The van der Waals surface area contributed by atoms with Gasteiger partial charge in [0, 0.05) is 13.3 Å². The Balaban J connectivity index is 2.26. The number of oxime groups is 1. The van der Waals surface area contributed by atoms with E-state index in [1.54, 1.807) is 0 Å². The van der Waals surface area contributed by atoms with Crippen LogP contribution in [0.2, 0.25) is 0 Å². The van der Waals surface area contributed by atoms with Crippen LogP contribution in [0.3, 0.4) is 0 Å². The van der Waals surface area contributed by atoms with E-state index in [9.17, 15) is 13.6 Å². The highest BCUT2D eigenvalue weighted by Gasteiger charge is 2.29. The number of nitrogens with zero attached hydrogens (tertiary/aromatic N) is 1. The minimum Gasteiger partial charge on any atom is -0.387 e. The van der Waals surface area contributed by atoms with Gasteiger partial charge in [0.25, 0.3) is 0 Å². The van der Waals surface area contributed by atoms with E-state index < -0.39 is 17.7 Å². The SMILES string of the molecule is CC(=O)C1=NO[C@@H](c2c(F)cccc2F)C1. The van der Waals surface area contributed by atoms with Crippen LogP contribution in [-0.2, 0) is 9.63 Å². The topological polar surface area (TPSA) is 38.7 Å². The van der Waals surface area contributed by atoms with E-state index in [1.807, 2.05) is 0 Å². The Hall–Kier alpha value is -1.78. The van der Waals surface area contributed by atoms with Gasteiger partial charge in [-0.2, -0.15) is 0 Å². The Kier molecular flexibility index (Phi) is 2.68. The van der Waals surface area contributed by atoms with Gasteiger partial charge >= 0.3 is 0 Å². The van der Waals surface area contributed by atoms with Crippen LogP contribution < -0.4 is 0 Å².